The van der Waals surface area contributed by atoms with E-state index >= 15 is 0 Å². The lowest BCUT2D eigenvalue weighted by Gasteiger charge is -2.25. The lowest BCUT2D eigenvalue weighted by atomic mass is 9.89. The third-order valence-electron chi connectivity index (χ3n) is 3.91. The van der Waals surface area contributed by atoms with Crippen LogP contribution in [0, 0.1) is 0 Å². The molecule has 6 heteroatoms. The third-order valence-corrected chi connectivity index (χ3v) is 3.91. The Hall–Kier alpha value is -0.980. The molecule has 0 heterocycles. The highest BCUT2D eigenvalue weighted by Gasteiger charge is 2.49. The fraction of sp³-hybridized carbons (Fsp3) is 0.875. The molecule has 0 aliphatic heterocycles. The molecule has 130 valence electrons. The summed E-state index contributed by atoms with van der Waals surface area (Å²) in [5.74, 6) is -2.78. The summed E-state index contributed by atoms with van der Waals surface area (Å²) in [6.45, 7) is 1.19. The lowest BCUT2D eigenvalue weighted by molar-refractivity contribution is -0.180. The number of carbonyl (C=O) groups is 2. The van der Waals surface area contributed by atoms with E-state index in [1.165, 1.54) is 25.7 Å². The van der Waals surface area contributed by atoms with Crippen LogP contribution in [0.4, 0.5) is 0 Å². The molecule has 0 saturated heterocycles. The Bertz CT molecular complexity index is 331. The summed E-state index contributed by atoms with van der Waals surface area (Å²) >= 11 is 0. The zero-order valence-corrected chi connectivity index (χ0v) is 13.5. The predicted octanol–water partition coefficient (Wildman–Crippen LogP) is 1.65. The average Bonchev–Trinajstić information content (AvgIpc) is 2.51. The first kappa shape index (κ1) is 21.0. The highest BCUT2D eigenvalue weighted by molar-refractivity contribution is 6.06. The van der Waals surface area contributed by atoms with Crippen molar-refractivity contribution in [3.8, 4) is 0 Å². The second-order valence-corrected chi connectivity index (χ2v) is 5.77. The number of unbranched alkanes of at least 4 members (excludes halogenated alkanes) is 8. The van der Waals surface area contributed by atoms with Crippen molar-refractivity contribution in [1.29, 1.82) is 0 Å². The van der Waals surface area contributed by atoms with E-state index in [-0.39, 0.29) is 6.42 Å². The van der Waals surface area contributed by atoms with Crippen molar-refractivity contribution in [3.05, 3.63) is 0 Å². The van der Waals surface area contributed by atoms with Crippen molar-refractivity contribution in [1.82, 2.24) is 0 Å². The summed E-state index contributed by atoms with van der Waals surface area (Å²) in [6.07, 6.45) is 7.29. The van der Waals surface area contributed by atoms with E-state index in [9.17, 15) is 19.8 Å². The molecule has 2 atom stereocenters. The molecule has 0 rings (SSSR count). The first-order valence-corrected chi connectivity index (χ1v) is 8.19. The average molecular weight is 318 g/mol. The van der Waals surface area contributed by atoms with E-state index in [0.29, 0.717) is 6.42 Å². The molecule has 0 bridgehead atoms. The number of carbonyl (C=O) groups excluding carboxylic acids is 1. The van der Waals surface area contributed by atoms with Crippen molar-refractivity contribution in [2.24, 2.45) is 0 Å². The van der Waals surface area contributed by atoms with Gasteiger partial charge in [0.2, 0.25) is 5.60 Å². The Labute approximate surface area is 132 Å². The molecular formula is C16H30O6. The number of hydrogen-bond donors (Lipinski definition) is 4. The van der Waals surface area contributed by atoms with E-state index < -0.39 is 30.1 Å². The van der Waals surface area contributed by atoms with E-state index in [4.69, 9.17) is 10.2 Å². The molecule has 0 aromatic heterocycles. The molecule has 0 unspecified atom stereocenters. The van der Waals surface area contributed by atoms with Gasteiger partial charge in [0.25, 0.3) is 0 Å². The van der Waals surface area contributed by atoms with Crippen molar-refractivity contribution in [3.63, 3.8) is 0 Å². The van der Waals surface area contributed by atoms with Gasteiger partial charge >= 0.3 is 5.97 Å². The minimum absolute atomic E-state index is 0.115. The SMILES string of the molecule is CCCCCCCCCCCC(=O)[C@@](O)(C(=O)O)[C@H](O)CO. The van der Waals surface area contributed by atoms with Crippen LogP contribution in [0.25, 0.3) is 0 Å². The minimum Gasteiger partial charge on any atom is -0.479 e. The molecule has 0 aromatic rings. The summed E-state index contributed by atoms with van der Waals surface area (Å²) in [5.41, 5.74) is -2.91. The van der Waals surface area contributed by atoms with E-state index in [2.05, 4.69) is 6.92 Å². The standard InChI is InChI=1S/C16H30O6/c1-2-3-4-5-6-7-8-9-10-11-13(18)16(22,15(20)21)14(19)12-17/h14,17,19,22H,2-12H2,1H3,(H,20,21)/t14-,16+/m1/s1. The van der Waals surface area contributed by atoms with Crippen LogP contribution in [0.3, 0.4) is 0 Å². The Morgan fingerprint density at radius 2 is 1.41 bits per heavy atom. The number of carboxylic acids is 1. The molecular weight excluding hydrogens is 288 g/mol. The number of ketones is 1. The molecule has 0 fully saturated rings. The fourth-order valence-electron chi connectivity index (χ4n) is 2.37. The van der Waals surface area contributed by atoms with Gasteiger partial charge in [-0.25, -0.2) is 4.79 Å². The highest BCUT2D eigenvalue weighted by Crippen LogP contribution is 2.18. The van der Waals surface area contributed by atoms with Gasteiger partial charge < -0.3 is 20.4 Å². The zero-order valence-electron chi connectivity index (χ0n) is 13.5. The van der Waals surface area contributed by atoms with Gasteiger partial charge in [-0.15, -0.1) is 0 Å². The van der Waals surface area contributed by atoms with Crippen molar-refractivity contribution in [2.75, 3.05) is 6.61 Å². The first-order chi connectivity index (χ1) is 10.4. The molecule has 22 heavy (non-hydrogen) atoms. The second-order valence-electron chi connectivity index (χ2n) is 5.77. The Morgan fingerprint density at radius 1 is 0.955 bits per heavy atom. The van der Waals surface area contributed by atoms with Gasteiger partial charge in [-0.2, -0.15) is 0 Å². The molecule has 0 saturated carbocycles. The summed E-state index contributed by atoms with van der Waals surface area (Å²) in [4.78, 5) is 22.8. The van der Waals surface area contributed by atoms with Gasteiger partial charge in [-0.05, 0) is 6.42 Å². The van der Waals surface area contributed by atoms with Crippen LogP contribution in [0.2, 0.25) is 0 Å². The number of Topliss-reactive ketones (excluding diaryl/α,β-unsaturated/α-hetero) is 1. The molecule has 4 N–H and O–H groups in total. The summed E-state index contributed by atoms with van der Waals surface area (Å²) in [6, 6.07) is 0. The monoisotopic (exact) mass is 318 g/mol. The smallest absolute Gasteiger partial charge is 0.346 e. The highest BCUT2D eigenvalue weighted by atomic mass is 16.4. The molecule has 0 radical (unpaired) electrons. The van der Waals surface area contributed by atoms with Crippen LogP contribution in [0.15, 0.2) is 0 Å². The van der Waals surface area contributed by atoms with Gasteiger partial charge in [0.05, 0.1) is 6.61 Å². The summed E-state index contributed by atoms with van der Waals surface area (Å²) in [5, 5.41) is 36.8. The number of aliphatic carboxylic acids is 1. The third kappa shape index (κ3) is 6.85. The van der Waals surface area contributed by atoms with Gasteiger partial charge in [-0.1, -0.05) is 58.3 Å². The van der Waals surface area contributed by atoms with Crippen LogP contribution in [0.1, 0.15) is 71.1 Å². The number of aliphatic hydroxyl groups is 3. The van der Waals surface area contributed by atoms with Crippen LogP contribution >= 0.6 is 0 Å². The van der Waals surface area contributed by atoms with Crippen LogP contribution in [-0.4, -0.2) is 50.5 Å². The maximum Gasteiger partial charge on any atom is 0.346 e. The van der Waals surface area contributed by atoms with Gasteiger partial charge in [0.1, 0.15) is 6.10 Å². The van der Waals surface area contributed by atoms with Crippen molar-refractivity contribution >= 4 is 11.8 Å². The van der Waals surface area contributed by atoms with Gasteiger partial charge in [0, 0.05) is 6.42 Å². The maximum atomic E-state index is 11.8. The quantitative estimate of drug-likeness (QED) is 0.286. The topological polar surface area (TPSA) is 115 Å². The van der Waals surface area contributed by atoms with Crippen LogP contribution in [0.5, 0.6) is 0 Å². The number of carboxylic acid groups (broad SMARTS) is 1. The Kier molecular flexibility index (Phi) is 11.1. The molecule has 0 aliphatic rings. The van der Waals surface area contributed by atoms with Gasteiger partial charge in [0.15, 0.2) is 5.78 Å². The summed E-state index contributed by atoms with van der Waals surface area (Å²) in [7, 11) is 0. The largest absolute Gasteiger partial charge is 0.479 e. The van der Waals surface area contributed by atoms with E-state index in [1.54, 1.807) is 0 Å². The molecule has 0 spiro atoms. The lowest BCUT2D eigenvalue weighted by Crippen LogP contribution is -2.57. The fourth-order valence-corrected chi connectivity index (χ4v) is 2.37. The van der Waals surface area contributed by atoms with Crippen LogP contribution in [-0.2, 0) is 9.59 Å². The summed E-state index contributed by atoms with van der Waals surface area (Å²) < 4.78 is 0. The Morgan fingerprint density at radius 3 is 1.82 bits per heavy atom. The molecule has 0 amide bonds. The maximum absolute atomic E-state index is 11.8. The minimum atomic E-state index is -2.91. The zero-order chi connectivity index (χ0) is 17.0. The van der Waals surface area contributed by atoms with Gasteiger partial charge in [-0.3, -0.25) is 4.79 Å². The van der Waals surface area contributed by atoms with Crippen molar-refractivity contribution < 1.29 is 30.0 Å². The number of hydrogen-bond acceptors (Lipinski definition) is 5. The normalized spacial score (nSPS) is 15.3. The van der Waals surface area contributed by atoms with Crippen LogP contribution < -0.4 is 0 Å². The molecule has 0 aliphatic carbocycles. The predicted molar refractivity (Wildman–Crippen MR) is 82.5 cm³/mol. The van der Waals surface area contributed by atoms with Crippen molar-refractivity contribution in [2.45, 2.75) is 82.8 Å². The Balaban J connectivity index is 3.94. The molecule has 6 nitrogen and oxygen atoms in total. The second kappa shape index (κ2) is 11.6. The van der Waals surface area contributed by atoms with E-state index in [1.807, 2.05) is 0 Å². The molecule has 0 aromatic carbocycles. The number of aliphatic hydroxyl groups excluding tert-OH is 2. The van der Waals surface area contributed by atoms with E-state index in [0.717, 1.165) is 25.7 Å². The first-order valence-electron chi connectivity index (χ1n) is 8.19. The number of rotatable bonds is 14.